The van der Waals surface area contributed by atoms with Crippen LogP contribution in [-0.2, 0) is 13.0 Å². The van der Waals surface area contributed by atoms with E-state index >= 15 is 0 Å². The van der Waals surface area contributed by atoms with Crippen LogP contribution in [0.3, 0.4) is 0 Å². The van der Waals surface area contributed by atoms with Gasteiger partial charge in [0.2, 0.25) is 0 Å². The minimum Gasteiger partial charge on any atom is -0.395 e. The molecule has 0 fully saturated rings. The molecular formula is C16H17ClFNO. The molecule has 0 radical (unpaired) electrons. The predicted octanol–water partition coefficient (Wildman–Crippen LogP) is 3.17. The van der Waals surface area contributed by atoms with E-state index in [2.05, 4.69) is 5.32 Å². The Morgan fingerprint density at radius 1 is 1.10 bits per heavy atom. The number of rotatable bonds is 6. The lowest BCUT2D eigenvalue weighted by Crippen LogP contribution is -2.34. The van der Waals surface area contributed by atoms with Gasteiger partial charge in [0.25, 0.3) is 0 Å². The third kappa shape index (κ3) is 4.60. The number of hydrogen-bond acceptors (Lipinski definition) is 2. The van der Waals surface area contributed by atoms with Crippen molar-refractivity contribution < 1.29 is 9.50 Å². The number of hydrogen-bond donors (Lipinski definition) is 2. The molecule has 0 aliphatic carbocycles. The molecule has 0 amide bonds. The first kappa shape index (κ1) is 15.0. The zero-order valence-electron chi connectivity index (χ0n) is 11.0. The summed E-state index contributed by atoms with van der Waals surface area (Å²) < 4.78 is 13.2. The average molecular weight is 294 g/mol. The molecule has 0 aliphatic heterocycles. The van der Waals surface area contributed by atoms with E-state index in [4.69, 9.17) is 11.6 Å². The van der Waals surface area contributed by atoms with Gasteiger partial charge in [-0.1, -0.05) is 41.9 Å². The maximum Gasteiger partial charge on any atom is 0.125 e. The predicted molar refractivity (Wildman–Crippen MR) is 79.3 cm³/mol. The Hall–Kier alpha value is -1.42. The molecule has 2 rings (SSSR count). The van der Waals surface area contributed by atoms with Crippen LogP contribution in [0.1, 0.15) is 11.1 Å². The second kappa shape index (κ2) is 7.39. The maximum atomic E-state index is 13.2. The van der Waals surface area contributed by atoms with E-state index in [1.807, 2.05) is 30.3 Å². The van der Waals surface area contributed by atoms with Crippen molar-refractivity contribution in [2.24, 2.45) is 0 Å². The molecule has 1 atom stereocenters. The third-order valence-electron chi connectivity index (χ3n) is 3.06. The highest BCUT2D eigenvalue weighted by molar-refractivity contribution is 6.30. The van der Waals surface area contributed by atoms with Gasteiger partial charge < -0.3 is 10.4 Å². The van der Waals surface area contributed by atoms with Crippen molar-refractivity contribution in [3.05, 3.63) is 70.5 Å². The van der Waals surface area contributed by atoms with Crippen LogP contribution in [0.15, 0.2) is 48.5 Å². The summed E-state index contributed by atoms with van der Waals surface area (Å²) in [4.78, 5) is 0. The Kier molecular flexibility index (Phi) is 5.53. The molecule has 1 unspecified atom stereocenters. The molecule has 4 heteroatoms. The summed E-state index contributed by atoms with van der Waals surface area (Å²) in [7, 11) is 0. The molecule has 2 aromatic carbocycles. The zero-order valence-corrected chi connectivity index (χ0v) is 11.8. The van der Waals surface area contributed by atoms with Crippen molar-refractivity contribution in [1.29, 1.82) is 0 Å². The number of halogens is 2. The van der Waals surface area contributed by atoms with Gasteiger partial charge in [0.1, 0.15) is 5.82 Å². The molecular weight excluding hydrogens is 277 g/mol. The van der Waals surface area contributed by atoms with Crippen LogP contribution in [-0.4, -0.2) is 17.8 Å². The SMILES string of the molecule is OCC(Cc1ccccc1)NCc1cc(F)cc(Cl)c1. The highest BCUT2D eigenvalue weighted by atomic mass is 35.5. The van der Waals surface area contributed by atoms with Crippen LogP contribution in [0.4, 0.5) is 4.39 Å². The number of aliphatic hydroxyl groups excluding tert-OH is 1. The molecule has 2 N–H and O–H groups in total. The molecule has 0 saturated heterocycles. The summed E-state index contributed by atoms with van der Waals surface area (Å²) >= 11 is 5.81. The van der Waals surface area contributed by atoms with E-state index < -0.39 is 0 Å². The fraction of sp³-hybridized carbons (Fsp3) is 0.250. The molecule has 0 heterocycles. The lowest BCUT2D eigenvalue weighted by molar-refractivity contribution is 0.241. The van der Waals surface area contributed by atoms with Crippen LogP contribution < -0.4 is 5.32 Å². The maximum absolute atomic E-state index is 13.2. The number of nitrogens with one attached hydrogen (secondary N) is 1. The van der Waals surface area contributed by atoms with E-state index in [1.54, 1.807) is 6.07 Å². The van der Waals surface area contributed by atoms with Gasteiger partial charge in [0.15, 0.2) is 0 Å². The van der Waals surface area contributed by atoms with Crippen molar-refractivity contribution >= 4 is 11.6 Å². The standard InChI is InChI=1S/C16H17ClFNO/c17-14-6-13(7-15(18)9-14)10-19-16(11-20)8-12-4-2-1-3-5-12/h1-7,9,16,19-20H,8,10-11H2. The van der Waals surface area contributed by atoms with Crippen molar-refractivity contribution in [2.45, 2.75) is 19.0 Å². The highest BCUT2D eigenvalue weighted by Crippen LogP contribution is 2.14. The third-order valence-corrected chi connectivity index (χ3v) is 3.28. The topological polar surface area (TPSA) is 32.3 Å². The van der Waals surface area contributed by atoms with Gasteiger partial charge >= 0.3 is 0 Å². The molecule has 20 heavy (non-hydrogen) atoms. The van der Waals surface area contributed by atoms with Gasteiger partial charge in [0, 0.05) is 17.6 Å². The van der Waals surface area contributed by atoms with Gasteiger partial charge in [-0.2, -0.15) is 0 Å². The average Bonchev–Trinajstić information content (AvgIpc) is 2.43. The summed E-state index contributed by atoms with van der Waals surface area (Å²) in [6, 6.07) is 14.3. The van der Waals surface area contributed by atoms with Gasteiger partial charge in [-0.3, -0.25) is 0 Å². The molecule has 0 aliphatic rings. The van der Waals surface area contributed by atoms with Gasteiger partial charge in [-0.15, -0.1) is 0 Å². The molecule has 0 bridgehead atoms. The van der Waals surface area contributed by atoms with Crippen molar-refractivity contribution in [3.63, 3.8) is 0 Å². The minimum absolute atomic E-state index is 0.0257. The van der Waals surface area contributed by atoms with E-state index in [-0.39, 0.29) is 18.5 Å². The number of aliphatic hydroxyl groups is 1. The molecule has 2 nitrogen and oxygen atoms in total. The van der Waals surface area contributed by atoms with E-state index in [1.165, 1.54) is 12.1 Å². The Morgan fingerprint density at radius 2 is 1.85 bits per heavy atom. The van der Waals surface area contributed by atoms with Crippen molar-refractivity contribution in [3.8, 4) is 0 Å². The Balaban J connectivity index is 1.93. The summed E-state index contributed by atoms with van der Waals surface area (Å²) in [5, 5.41) is 13.0. The fourth-order valence-corrected chi connectivity index (χ4v) is 2.32. The molecule has 2 aromatic rings. The van der Waals surface area contributed by atoms with Crippen LogP contribution >= 0.6 is 11.6 Å². The van der Waals surface area contributed by atoms with Gasteiger partial charge in [0.05, 0.1) is 6.61 Å². The van der Waals surface area contributed by atoms with E-state index in [0.717, 1.165) is 17.5 Å². The van der Waals surface area contributed by atoms with E-state index in [0.29, 0.717) is 11.6 Å². The van der Waals surface area contributed by atoms with Crippen molar-refractivity contribution in [2.75, 3.05) is 6.61 Å². The summed E-state index contributed by atoms with van der Waals surface area (Å²) in [6.07, 6.45) is 0.723. The Bertz CT molecular complexity index is 527. The first-order valence-electron chi connectivity index (χ1n) is 6.50. The monoisotopic (exact) mass is 293 g/mol. The van der Waals surface area contributed by atoms with Gasteiger partial charge in [-0.05, 0) is 35.7 Å². The van der Waals surface area contributed by atoms with E-state index in [9.17, 15) is 9.50 Å². The Morgan fingerprint density at radius 3 is 2.50 bits per heavy atom. The lowest BCUT2D eigenvalue weighted by Gasteiger charge is -2.16. The van der Waals surface area contributed by atoms with Crippen LogP contribution in [0.2, 0.25) is 5.02 Å². The van der Waals surface area contributed by atoms with Gasteiger partial charge in [-0.25, -0.2) is 4.39 Å². The fourth-order valence-electron chi connectivity index (χ4n) is 2.08. The quantitative estimate of drug-likeness (QED) is 0.857. The summed E-state index contributed by atoms with van der Waals surface area (Å²) in [5.74, 6) is -0.349. The first-order valence-corrected chi connectivity index (χ1v) is 6.88. The summed E-state index contributed by atoms with van der Waals surface area (Å²) in [6.45, 7) is 0.494. The minimum atomic E-state index is -0.349. The second-order valence-corrected chi connectivity index (χ2v) is 5.16. The Labute approximate surface area is 123 Å². The molecule has 0 saturated carbocycles. The first-order chi connectivity index (χ1) is 9.67. The largest absolute Gasteiger partial charge is 0.395 e. The second-order valence-electron chi connectivity index (χ2n) is 4.73. The smallest absolute Gasteiger partial charge is 0.125 e. The lowest BCUT2D eigenvalue weighted by atomic mass is 10.1. The van der Waals surface area contributed by atoms with Crippen molar-refractivity contribution in [1.82, 2.24) is 5.32 Å². The molecule has 0 aromatic heterocycles. The van der Waals surface area contributed by atoms with Crippen LogP contribution in [0.5, 0.6) is 0 Å². The normalized spacial score (nSPS) is 12.3. The molecule has 0 spiro atoms. The van der Waals surface area contributed by atoms with Crippen LogP contribution in [0.25, 0.3) is 0 Å². The summed E-state index contributed by atoms with van der Waals surface area (Å²) in [5.41, 5.74) is 1.91. The van der Waals surface area contributed by atoms with Crippen LogP contribution in [0, 0.1) is 5.82 Å². The molecule has 106 valence electrons. The number of benzene rings is 2. The zero-order chi connectivity index (χ0) is 14.4. The highest BCUT2D eigenvalue weighted by Gasteiger charge is 2.08.